The van der Waals surface area contributed by atoms with Gasteiger partial charge in [0.05, 0.1) is 4.92 Å². The van der Waals surface area contributed by atoms with Crippen molar-refractivity contribution in [2.45, 2.75) is 32.7 Å². The molecular weight excluding hydrogens is 330 g/mol. The maximum Gasteiger partial charge on any atom is 0.293 e. The van der Waals surface area contributed by atoms with E-state index in [-0.39, 0.29) is 11.6 Å². The quantitative estimate of drug-likeness (QED) is 0.655. The van der Waals surface area contributed by atoms with Crippen molar-refractivity contribution in [2.75, 3.05) is 18.0 Å². The highest BCUT2D eigenvalue weighted by Crippen LogP contribution is 2.31. The topological polar surface area (TPSA) is 75.5 Å². The van der Waals surface area contributed by atoms with Gasteiger partial charge in [0, 0.05) is 31.3 Å². The zero-order valence-corrected chi connectivity index (χ0v) is 14.9. The summed E-state index contributed by atoms with van der Waals surface area (Å²) in [4.78, 5) is 25.5. The van der Waals surface area contributed by atoms with Crippen LogP contribution in [0.2, 0.25) is 0 Å². The summed E-state index contributed by atoms with van der Waals surface area (Å²) in [5, 5.41) is 14.3. The molecule has 0 bridgehead atoms. The van der Waals surface area contributed by atoms with Gasteiger partial charge in [-0.3, -0.25) is 14.9 Å². The molecule has 0 unspecified atom stereocenters. The van der Waals surface area contributed by atoms with Crippen LogP contribution in [0.5, 0.6) is 0 Å². The van der Waals surface area contributed by atoms with Gasteiger partial charge in [0.25, 0.3) is 11.6 Å². The summed E-state index contributed by atoms with van der Waals surface area (Å²) in [5.74, 6) is -0.307. The van der Waals surface area contributed by atoms with E-state index in [2.05, 4.69) is 5.32 Å². The molecule has 1 heterocycles. The number of carbonyl (C=O) groups is 1. The van der Waals surface area contributed by atoms with E-state index >= 15 is 0 Å². The molecule has 0 aromatic heterocycles. The monoisotopic (exact) mass is 353 g/mol. The van der Waals surface area contributed by atoms with Crippen LogP contribution in [0.4, 0.5) is 11.4 Å². The number of nitrogens with one attached hydrogen (secondary N) is 1. The summed E-state index contributed by atoms with van der Waals surface area (Å²) in [7, 11) is 0. The Bertz CT molecular complexity index is 796. The SMILES string of the molecule is Cc1ccc(CNC(=O)c2ccc(N3CCCCC3)c([N+](=O)[O-])c2)cc1. The van der Waals surface area contributed by atoms with E-state index in [9.17, 15) is 14.9 Å². The predicted octanol–water partition coefficient (Wildman–Crippen LogP) is 3.82. The van der Waals surface area contributed by atoms with E-state index in [0.717, 1.165) is 43.5 Å². The Morgan fingerprint density at radius 3 is 2.46 bits per heavy atom. The second-order valence-corrected chi connectivity index (χ2v) is 6.68. The van der Waals surface area contributed by atoms with E-state index in [4.69, 9.17) is 0 Å². The van der Waals surface area contributed by atoms with Gasteiger partial charge in [0.2, 0.25) is 0 Å². The largest absolute Gasteiger partial charge is 0.366 e. The van der Waals surface area contributed by atoms with Gasteiger partial charge in [0.15, 0.2) is 0 Å². The van der Waals surface area contributed by atoms with E-state index in [1.165, 1.54) is 6.07 Å². The molecular formula is C20H23N3O3. The zero-order valence-electron chi connectivity index (χ0n) is 14.9. The Balaban J connectivity index is 1.74. The van der Waals surface area contributed by atoms with Crippen molar-refractivity contribution < 1.29 is 9.72 Å². The fraction of sp³-hybridized carbons (Fsp3) is 0.350. The van der Waals surface area contributed by atoms with Gasteiger partial charge in [-0.05, 0) is 43.9 Å². The minimum atomic E-state index is -0.402. The lowest BCUT2D eigenvalue weighted by Gasteiger charge is -2.28. The third-order valence-electron chi connectivity index (χ3n) is 4.70. The number of piperidine rings is 1. The van der Waals surface area contributed by atoms with Gasteiger partial charge in [-0.2, -0.15) is 0 Å². The van der Waals surface area contributed by atoms with Crippen molar-refractivity contribution in [3.05, 3.63) is 69.3 Å². The number of hydrogen-bond acceptors (Lipinski definition) is 4. The second kappa shape index (κ2) is 7.99. The average molecular weight is 353 g/mol. The number of rotatable bonds is 5. The van der Waals surface area contributed by atoms with Crippen LogP contribution in [0.1, 0.15) is 40.7 Å². The van der Waals surface area contributed by atoms with Gasteiger partial charge in [-0.25, -0.2) is 0 Å². The number of benzene rings is 2. The van der Waals surface area contributed by atoms with Crippen molar-refractivity contribution in [1.29, 1.82) is 0 Å². The van der Waals surface area contributed by atoms with Gasteiger partial charge >= 0.3 is 0 Å². The minimum absolute atomic E-state index is 0.00474. The third-order valence-corrected chi connectivity index (χ3v) is 4.70. The van der Waals surface area contributed by atoms with Crippen LogP contribution in [0.15, 0.2) is 42.5 Å². The Kier molecular flexibility index (Phi) is 5.51. The van der Waals surface area contributed by atoms with Crippen molar-refractivity contribution >= 4 is 17.3 Å². The lowest BCUT2D eigenvalue weighted by Crippen LogP contribution is -2.30. The predicted molar refractivity (Wildman–Crippen MR) is 102 cm³/mol. The van der Waals surface area contributed by atoms with Gasteiger partial charge in [-0.15, -0.1) is 0 Å². The lowest BCUT2D eigenvalue weighted by molar-refractivity contribution is -0.384. The molecule has 2 aromatic carbocycles. The van der Waals surface area contributed by atoms with Crippen LogP contribution in [0, 0.1) is 17.0 Å². The standard InChI is InChI=1S/C20H23N3O3/c1-15-5-7-16(8-6-15)14-21-20(24)17-9-10-18(19(13-17)23(25)26)22-11-3-2-4-12-22/h5-10,13H,2-4,11-12,14H2,1H3,(H,21,24). The Morgan fingerprint density at radius 1 is 1.12 bits per heavy atom. The molecule has 1 fully saturated rings. The Hall–Kier alpha value is -2.89. The maximum atomic E-state index is 12.4. The number of nitro benzene ring substituents is 1. The molecule has 0 atom stereocenters. The molecule has 1 aliphatic rings. The molecule has 0 aliphatic carbocycles. The van der Waals surface area contributed by atoms with E-state index in [1.807, 2.05) is 36.1 Å². The zero-order chi connectivity index (χ0) is 18.5. The molecule has 6 heteroatoms. The Morgan fingerprint density at radius 2 is 1.81 bits per heavy atom. The summed E-state index contributed by atoms with van der Waals surface area (Å²) in [6.07, 6.45) is 3.23. The number of hydrogen-bond donors (Lipinski definition) is 1. The highest BCUT2D eigenvalue weighted by molar-refractivity contribution is 5.95. The number of nitrogens with zero attached hydrogens (tertiary/aromatic N) is 2. The molecule has 3 rings (SSSR count). The summed E-state index contributed by atoms with van der Waals surface area (Å²) >= 11 is 0. The fourth-order valence-electron chi connectivity index (χ4n) is 3.20. The Labute approximate surface area is 153 Å². The smallest absolute Gasteiger partial charge is 0.293 e. The first-order valence-electron chi connectivity index (χ1n) is 8.92. The molecule has 0 spiro atoms. The number of nitro groups is 1. The molecule has 2 aromatic rings. The summed E-state index contributed by atoms with van der Waals surface area (Å²) in [5.41, 5.74) is 3.05. The lowest BCUT2D eigenvalue weighted by atomic mass is 10.1. The molecule has 0 radical (unpaired) electrons. The van der Waals surface area contributed by atoms with Crippen LogP contribution in [-0.2, 0) is 6.54 Å². The molecule has 0 saturated carbocycles. The minimum Gasteiger partial charge on any atom is -0.366 e. The normalized spacial score (nSPS) is 14.1. The molecule has 1 N–H and O–H groups in total. The second-order valence-electron chi connectivity index (χ2n) is 6.68. The molecule has 1 saturated heterocycles. The van der Waals surface area contributed by atoms with Gasteiger partial charge < -0.3 is 10.2 Å². The highest BCUT2D eigenvalue weighted by atomic mass is 16.6. The summed E-state index contributed by atoms with van der Waals surface area (Å²) in [6.45, 7) is 4.03. The van der Waals surface area contributed by atoms with Crippen molar-refractivity contribution in [2.24, 2.45) is 0 Å². The first-order chi connectivity index (χ1) is 12.5. The molecule has 6 nitrogen and oxygen atoms in total. The van der Waals surface area contributed by atoms with Crippen molar-refractivity contribution in [3.63, 3.8) is 0 Å². The summed E-state index contributed by atoms with van der Waals surface area (Å²) < 4.78 is 0. The average Bonchev–Trinajstić information content (AvgIpc) is 2.67. The molecule has 26 heavy (non-hydrogen) atoms. The van der Waals surface area contributed by atoms with E-state index in [0.29, 0.717) is 17.8 Å². The first kappa shape index (κ1) is 17.9. The van der Waals surface area contributed by atoms with Crippen LogP contribution in [0.3, 0.4) is 0 Å². The third kappa shape index (κ3) is 4.20. The van der Waals surface area contributed by atoms with Crippen LogP contribution >= 0.6 is 0 Å². The first-order valence-corrected chi connectivity index (χ1v) is 8.92. The van der Waals surface area contributed by atoms with Gasteiger partial charge in [0.1, 0.15) is 5.69 Å². The maximum absolute atomic E-state index is 12.4. The van der Waals surface area contributed by atoms with E-state index < -0.39 is 4.92 Å². The van der Waals surface area contributed by atoms with Crippen molar-refractivity contribution in [1.82, 2.24) is 5.32 Å². The fourth-order valence-corrected chi connectivity index (χ4v) is 3.20. The van der Waals surface area contributed by atoms with E-state index in [1.54, 1.807) is 12.1 Å². The highest BCUT2D eigenvalue weighted by Gasteiger charge is 2.23. The molecule has 136 valence electrons. The summed E-state index contributed by atoms with van der Waals surface area (Å²) in [6, 6.07) is 12.6. The number of aryl methyl sites for hydroxylation is 1. The molecule has 1 aliphatic heterocycles. The van der Waals surface area contributed by atoms with Crippen molar-refractivity contribution in [3.8, 4) is 0 Å². The van der Waals surface area contributed by atoms with Gasteiger partial charge in [-0.1, -0.05) is 29.8 Å². The van der Waals surface area contributed by atoms with Crippen LogP contribution in [0.25, 0.3) is 0 Å². The number of anilines is 1. The number of carbonyl (C=O) groups excluding carboxylic acids is 1. The molecule has 1 amide bonds. The van der Waals surface area contributed by atoms with Crippen LogP contribution in [-0.4, -0.2) is 23.9 Å². The van der Waals surface area contributed by atoms with Crippen LogP contribution < -0.4 is 10.2 Å². The number of amides is 1.